The number of aliphatic carboxylic acids is 1. The molecule has 1 N–H and O–H groups in total. The quantitative estimate of drug-likeness (QED) is 0.0667. The molecule has 4 nitrogen and oxygen atoms in total. The highest BCUT2D eigenvalue weighted by molar-refractivity contribution is 5.77. The Balaban J connectivity index is 3.65. The van der Waals surface area contributed by atoms with Crippen LogP contribution in [0.1, 0.15) is 155 Å². The first kappa shape index (κ1) is 35.2. The lowest BCUT2D eigenvalue weighted by Gasteiger charge is -2.13. The fourth-order valence-electron chi connectivity index (χ4n) is 4.33. The first-order chi connectivity index (χ1) is 18.1. The predicted molar refractivity (Wildman–Crippen MR) is 158 cm³/mol. The van der Waals surface area contributed by atoms with Crippen molar-refractivity contribution in [3.8, 4) is 0 Å². The lowest BCUT2D eigenvalue weighted by atomic mass is 10.0. The van der Waals surface area contributed by atoms with Gasteiger partial charge in [0, 0.05) is 6.42 Å². The van der Waals surface area contributed by atoms with E-state index in [9.17, 15) is 14.7 Å². The molecular formula is C33H58O4. The van der Waals surface area contributed by atoms with E-state index in [1.165, 1.54) is 57.8 Å². The molecule has 0 amide bonds. The lowest BCUT2D eigenvalue weighted by molar-refractivity contribution is -0.164. The number of carbonyl (C=O) groups is 2. The summed E-state index contributed by atoms with van der Waals surface area (Å²) in [5.41, 5.74) is 0. The van der Waals surface area contributed by atoms with Gasteiger partial charge in [-0.15, -0.1) is 0 Å². The van der Waals surface area contributed by atoms with Gasteiger partial charge in [0.15, 0.2) is 6.10 Å². The molecule has 0 heterocycles. The van der Waals surface area contributed by atoms with Gasteiger partial charge in [-0.25, -0.2) is 4.79 Å². The van der Waals surface area contributed by atoms with E-state index in [1.54, 1.807) is 0 Å². The van der Waals surface area contributed by atoms with Crippen LogP contribution in [-0.4, -0.2) is 23.1 Å². The minimum atomic E-state index is -1.02. The van der Waals surface area contributed by atoms with Crippen LogP contribution in [0.5, 0.6) is 0 Å². The number of esters is 1. The molecule has 0 bridgehead atoms. The third kappa shape index (κ3) is 27.0. The van der Waals surface area contributed by atoms with E-state index in [-0.39, 0.29) is 5.97 Å². The van der Waals surface area contributed by atoms with Gasteiger partial charge >= 0.3 is 11.9 Å². The Labute approximate surface area is 229 Å². The normalized spacial score (nSPS) is 12.7. The average Bonchev–Trinajstić information content (AvgIpc) is 2.88. The fraction of sp³-hybridized carbons (Fsp3) is 0.758. The van der Waals surface area contributed by atoms with Gasteiger partial charge in [0.25, 0.3) is 0 Å². The molecule has 0 fully saturated rings. The van der Waals surface area contributed by atoms with Crippen LogP contribution in [0.4, 0.5) is 0 Å². The first-order valence-corrected chi connectivity index (χ1v) is 15.5. The molecule has 0 saturated carbocycles. The summed E-state index contributed by atoms with van der Waals surface area (Å²) in [5, 5.41) is 9.40. The molecular weight excluding hydrogens is 460 g/mol. The van der Waals surface area contributed by atoms with E-state index < -0.39 is 12.1 Å². The average molecular weight is 519 g/mol. The molecule has 214 valence electrons. The number of allylic oxidation sites excluding steroid dienone is 6. The van der Waals surface area contributed by atoms with Crippen LogP contribution in [0.2, 0.25) is 0 Å². The molecule has 0 radical (unpaired) electrons. The van der Waals surface area contributed by atoms with Gasteiger partial charge in [-0.3, -0.25) is 4.79 Å². The molecule has 37 heavy (non-hydrogen) atoms. The van der Waals surface area contributed by atoms with Crippen molar-refractivity contribution < 1.29 is 19.4 Å². The highest BCUT2D eigenvalue weighted by Gasteiger charge is 2.21. The van der Waals surface area contributed by atoms with Crippen molar-refractivity contribution in [2.24, 2.45) is 0 Å². The maximum atomic E-state index is 12.1. The maximum absolute atomic E-state index is 12.1. The van der Waals surface area contributed by atoms with Crippen LogP contribution in [0.15, 0.2) is 36.5 Å². The molecule has 1 atom stereocenters. The van der Waals surface area contributed by atoms with Gasteiger partial charge in [0.2, 0.25) is 0 Å². The Kier molecular flexibility index (Phi) is 27.3. The summed E-state index contributed by atoms with van der Waals surface area (Å²) in [6.07, 6.45) is 35.9. The van der Waals surface area contributed by atoms with Gasteiger partial charge in [-0.05, 0) is 51.4 Å². The van der Waals surface area contributed by atoms with Crippen molar-refractivity contribution in [3.63, 3.8) is 0 Å². The molecule has 0 aliphatic rings. The lowest BCUT2D eigenvalue weighted by Crippen LogP contribution is -2.27. The predicted octanol–water partition coefficient (Wildman–Crippen LogP) is 10.3. The minimum Gasteiger partial charge on any atom is -0.479 e. The van der Waals surface area contributed by atoms with Crippen LogP contribution in [0.3, 0.4) is 0 Å². The molecule has 0 aromatic heterocycles. The number of hydrogen-bond donors (Lipinski definition) is 1. The monoisotopic (exact) mass is 518 g/mol. The Morgan fingerprint density at radius 2 is 1.11 bits per heavy atom. The van der Waals surface area contributed by atoms with E-state index in [0.717, 1.165) is 70.6 Å². The van der Waals surface area contributed by atoms with Gasteiger partial charge in [0.05, 0.1) is 0 Å². The number of carboxylic acids is 1. The van der Waals surface area contributed by atoms with Crippen LogP contribution >= 0.6 is 0 Å². The molecule has 1 unspecified atom stereocenters. The number of ether oxygens (including phenoxy) is 1. The zero-order valence-corrected chi connectivity index (χ0v) is 24.3. The van der Waals surface area contributed by atoms with E-state index in [4.69, 9.17) is 4.74 Å². The molecule has 0 aliphatic carbocycles. The van der Waals surface area contributed by atoms with Crippen molar-refractivity contribution in [3.05, 3.63) is 36.5 Å². The number of hydrogen-bond acceptors (Lipinski definition) is 3. The van der Waals surface area contributed by atoms with E-state index in [1.807, 2.05) is 0 Å². The summed E-state index contributed by atoms with van der Waals surface area (Å²) in [6.45, 7) is 4.39. The van der Waals surface area contributed by atoms with Crippen molar-refractivity contribution in [1.82, 2.24) is 0 Å². The van der Waals surface area contributed by atoms with E-state index in [0.29, 0.717) is 12.8 Å². The maximum Gasteiger partial charge on any atom is 0.345 e. The highest BCUT2D eigenvalue weighted by Crippen LogP contribution is 2.15. The van der Waals surface area contributed by atoms with E-state index >= 15 is 0 Å². The number of unbranched alkanes of at least 4 members (excludes halogenated alkanes) is 15. The summed E-state index contributed by atoms with van der Waals surface area (Å²) in [6, 6.07) is 0. The molecule has 0 rings (SSSR count). The van der Waals surface area contributed by atoms with Gasteiger partial charge in [-0.2, -0.15) is 0 Å². The second-order valence-corrected chi connectivity index (χ2v) is 10.2. The zero-order chi connectivity index (χ0) is 27.2. The number of rotatable bonds is 27. The van der Waals surface area contributed by atoms with Crippen molar-refractivity contribution in [1.29, 1.82) is 0 Å². The summed E-state index contributed by atoms with van der Waals surface area (Å²) < 4.78 is 5.27. The second kappa shape index (κ2) is 28.7. The highest BCUT2D eigenvalue weighted by atomic mass is 16.6. The molecule has 0 aromatic carbocycles. The SMILES string of the molecule is CC/C=C\C/C=C\C/C=C\CCCCCCCC(=O)OC(CCCCCCCCCCCCC)C(=O)O. The first-order valence-electron chi connectivity index (χ1n) is 15.5. The standard InChI is InChI=1S/C33H58O4/c1-3-5-7-9-11-13-15-16-17-18-20-22-24-26-28-30-32(34)37-31(33(35)36)29-27-25-23-21-19-14-12-10-8-6-4-2/h5,7,11,13,16-17,31H,3-4,6,8-10,12,14-15,18-30H2,1-2H3,(H,35,36)/b7-5-,13-11-,17-16-. The Morgan fingerprint density at radius 3 is 1.68 bits per heavy atom. The van der Waals surface area contributed by atoms with Crippen LogP contribution < -0.4 is 0 Å². The molecule has 4 heteroatoms. The molecule has 0 aliphatic heterocycles. The molecule has 0 spiro atoms. The molecule has 0 aromatic rings. The van der Waals surface area contributed by atoms with Crippen molar-refractivity contribution in [2.75, 3.05) is 0 Å². The largest absolute Gasteiger partial charge is 0.479 e. The third-order valence-electron chi connectivity index (χ3n) is 6.65. The van der Waals surface area contributed by atoms with E-state index in [2.05, 4.69) is 50.3 Å². The topological polar surface area (TPSA) is 63.6 Å². The Hall–Kier alpha value is -1.84. The van der Waals surface area contributed by atoms with Crippen LogP contribution in [0.25, 0.3) is 0 Å². The minimum absolute atomic E-state index is 0.321. The number of carboxylic acid groups (broad SMARTS) is 1. The Morgan fingerprint density at radius 1 is 0.622 bits per heavy atom. The zero-order valence-electron chi connectivity index (χ0n) is 24.3. The van der Waals surface area contributed by atoms with Crippen LogP contribution in [0, 0.1) is 0 Å². The summed E-state index contributed by atoms with van der Waals surface area (Å²) in [4.78, 5) is 23.6. The van der Waals surface area contributed by atoms with Crippen molar-refractivity contribution in [2.45, 2.75) is 161 Å². The van der Waals surface area contributed by atoms with Gasteiger partial charge in [-0.1, -0.05) is 134 Å². The summed E-state index contributed by atoms with van der Waals surface area (Å²) in [7, 11) is 0. The van der Waals surface area contributed by atoms with Crippen molar-refractivity contribution >= 4 is 11.9 Å². The fourth-order valence-corrected chi connectivity index (χ4v) is 4.33. The third-order valence-corrected chi connectivity index (χ3v) is 6.65. The van der Waals surface area contributed by atoms with Gasteiger partial charge < -0.3 is 9.84 Å². The summed E-state index contributed by atoms with van der Waals surface area (Å²) >= 11 is 0. The Bertz CT molecular complexity index is 605. The molecule has 0 saturated heterocycles. The van der Waals surface area contributed by atoms with Gasteiger partial charge in [0.1, 0.15) is 0 Å². The summed E-state index contributed by atoms with van der Waals surface area (Å²) in [5.74, 6) is -1.38. The smallest absolute Gasteiger partial charge is 0.345 e. The second-order valence-electron chi connectivity index (χ2n) is 10.2. The number of carbonyl (C=O) groups excluding carboxylic acids is 1. The van der Waals surface area contributed by atoms with Crippen LogP contribution in [-0.2, 0) is 14.3 Å².